The second-order valence-corrected chi connectivity index (χ2v) is 8.43. The summed E-state index contributed by atoms with van der Waals surface area (Å²) in [4.78, 5) is 27.7. The van der Waals surface area contributed by atoms with Crippen molar-refractivity contribution in [2.45, 2.75) is 13.5 Å². The van der Waals surface area contributed by atoms with Gasteiger partial charge in [0.2, 0.25) is 6.79 Å². The number of halogens is 1. The Labute approximate surface area is 207 Å². The molecule has 0 bridgehead atoms. The monoisotopic (exact) mass is 537 g/mol. The largest absolute Gasteiger partial charge is 0.490 e. The molecule has 9 nitrogen and oxygen atoms in total. The number of H-pyrrole nitrogens is 1. The van der Waals surface area contributed by atoms with Crippen LogP contribution in [-0.4, -0.2) is 29.3 Å². The van der Waals surface area contributed by atoms with Crippen LogP contribution in [0.5, 0.6) is 23.0 Å². The Bertz CT molecular complexity index is 1560. The van der Waals surface area contributed by atoms with Crippen molar-refractivity contribution in [3.05, 3.63) is 91.0 Å². The first kappa shape index (κ1) is 22.7. The molecule has 1 N–H and O–H groups in total. The van der Waals surface area contributed by atoms with E-state index in [1.165, 1.54) is 6.21 Å². The molecule has 0 fully saturated rings. The summed E-state index contributed by atoms with van der Waals surface area (Å²) in [5.74, 6) is 2.39. The van der Waals surface area contributed by atoms with Gasteiger partial charge in [0.05, 0.1) is 28.2 Å². The van der Waals surface area contributed by atoms with Crippen molar-refractivity contribution in [2.24, 2.45) is 5.10 Å². The van der Waals surface area contributed by atoms with E-state index >= 15 is 0 Å². The molecule has 3 aromatic carbocycles. The van der Waals surface area contributed by atoms with Gasteiger partial charge in [-0.1, -0.05) is 18.2 Å². The number of ether oxygens (including phenoxy) is 4. The maximum absolute atomic E-state index is 12.7. The van der Waals surface area contributed by atoms with E-state index < -0.39 is 11.2 Å². The van der Waals surface area contributed by atoms with Gasteiger partial charge in [-0.2, -0.15) is 5.10 Å². The van der Waals surface area contributed by atoms with E-state index in [4.69, 9.17) is 18.9 Å². The highest BCUT2D eigenvalue weighted by molar-refractivity contribution is 9.10. The molecule has 0 radical (unpaired) electrons. The third-order valence-electron chi connectivity index (χ3n) is 5.26. The summed E-state index contributed by atoms with van der Waals surface area (Å²) in [6.45, 7) is 2.77. The van der Waals surface area contributed by atoms with Gasteiger partial charge in [-0.05, 0) is 70.4 Å². The highest BCUT2D eigenvalue weighted by Gasteiger charge is 2.16. The molecule has 0 atom stereocenters. The Morgan fingerprint density at radius 1 is 1.09 bits per heavy atom. The minimum atomic E-state index is -0.627. The van der Waals surface area contributed by atoms with Crippen molar-refractivity contribution in [1.82, 2.24) is 9.66 Å². The Balaban J connectivity index is 1.42. The summed E-state index contributed by atoms with van der Waals surface area (Å²) < 4.78 is 24.0. The fourth-order valence-corrected chi connectivity index (χ4v) is 4.21. The molecule has 1 aliphatic rings. The quantitative estimate of drug-likeness (QED) is 0.357. The zero-order valence-corrected chi connectivity index (χ0v) is 20.2. The van der Waals surface area contributed by atoms with E-state index in [0.717, 1.165) is 10.2 Å². The lowest BCUT2D eigenvalue weighted by molar-refractivity contribution is 0.174. The first-order chi connectivity index (χ1) is 17.0. The van der Waals surface area contributed by atoms with E-state index in [2.05, 4.69) is 26.0 Å². The van der Waals surface area contributed by atoms with Crippen LogP contribution in [-0.2, 0) is 6.61 Å². The van der Waals surface area contributed by atoms with E-state index in [-0.39, 0.29) is 13.4 Å². The van der Waals surface area contributed by atoms with Gasteiger partial charge in [-0.15, -0.1) is 4.68 Å². The van der Waals surface area contributed by atoms with Gasteiger partial charge in [0.15, 0.2) is 23.0 Å². The molecule has 0 aliphatic carbocycles. The maximum atomic E-state index is 12.7. The van der Waals surface area contributed by atoms with E-state index in [1.807, 2.05) is 25.1 Å². The first-order valence-corrected chi connectivity index (χ1v) is 11.6. The number of para-hydroxylation sites is 1. The van der Waals surface area contributed by atoms with Crippen LogP contribution in [0.4, 0.5) is 0 Å². The van der Waals surface area contributed by atoms with Crippen LogP contribution < -0.4 is 30.2 Å². The highest BCUT2D eigenvalue weighted by atomic mass is 79.9. The molecule has 178 valence electrons. The van der Waals surface area contributed by atoms with Crippen LogP contribution >= 0.6 is 15.9 Å². The van der Waals surface area contributed by atoms with Crippen LogP contribution in [0.15, 0.2) is 73.8 Å². The number of aromatic amines is 1. The number of aromatic nitrogens is 2. The lowest BCUT2D eigenvalue weighted by Gasteiger charge is -2.15. The zero-order chi connectivity index (χ0) is 24.4. The summed E-state index contributed by atoms with van der Waals surface area (Å²) in [6.07, 6.45) is 1.42. The van der Waals surface area contributed by atoms with Gasteiger partial charge >= 0.3 is 5.69 Å². The topological polar surface area (TPSA) is 104 Å². The zero-order valence-electron chi connectivity index (χ0n) is 18.6. The van der Waals surface area contributed by atoms with Crippen LogP contribution in [0.25, 0.3) is 10.9 Å². The number of hydrogen-bond donors (Lipinski definition) is 1. The third-order valence-corrected chi connectivity index (χ3v) is 5.85. The fourth-order valence-electron chi connectivity index (χ4n) is 3.63. The molecule has 4 aromatic rings. The minimum Gasteiger partial charge on any atom is -0.490 e. The highest BCUT2D eigenvalue weighted by Crippen LogP contribution is 2.38. The lowest BCUT2D eigenvalue weighted by Crippen LogP contribution is -2.32. The second kappa shape index (κ2) is 9.67. The van der Waals surface area contributed by atoms with Crippen molar-refractivity contribution in [2.75, 3.05) is 13.4 Å². The molecule has 2 heterocycles. The van der Waals surface area contributed by atoms with Gasteiger partial charge in [-0.25, -0.2) is 4.79 Å². The van der Waals surface area contributed by atoms with Gasteiger partial charge < -0.3 is 23.9 Å². The van der Waals surface area contributed by atoms with Gasteiger partial charge in [-0.3, -0.25) is 4.79 Å². The standard InChI is InChI=1S/C25H20BrN3O6/c1-2-32-22-11-16(12-27-29-24(30)17-5-3-4-6-19(17)28-25(29)31)9-18(26)23(22)33-13-15-7-8-20-21(10-15)35-14-34-20/h3-12H,2,13-14H2,1H3,(H,28,31). The van der Waals surface area contributed by atoms with E-state index in [1.54, 1.807) is 36.4 Å². The summed E-state index contributed by atoms with van der Waals surface area (Å²) >= 11 is 3.53. The molecule has 5 rings (SSSR count). The SMILES string of the molecule is CCOc1cc(C=Nn2c(=O)[nH]c3ccccc3c2=O)cc(Br)c1OCc1ccc2c(c1)OCO2. The molecule has 0 saturated heterocycles. The Morgan fingerprint density at radius 2 is 1.91 bits per heavy atom. The van der Waals surface area contributed by atoms with Gasteiger partial charge in [0.25, 0.3) is 5.56 Å². The van der Waals surface area contributed by atoms with Crippen LogP contribution in [0.1, 0.15) is 18.1 Å². The summed E-state index contributed by atoms with van der Waals surface area (Å²) in [6, 6.07) is 15.9. The molecular formula is C25H20BrN3O6. The van der Waals surface area contributed by atoms with Crippen LogP contribution in [0.2, 0.25) is 0 Å². The number of hydrogen-bond acceptors (Lipinski definition) is 7. The number of nitrogens with one attached hydrogen (secondary N) is 1. The Kier molecular flexibility index (Phi) is 6.28. The molecule has 1 aliphatic heterocycles. The normalized spacial score (nSPS) is 12.4. The van der Waals surface area contributed by atoms with Crippen molar-refractivity contribution >= 4 is 33.0 Å². The molecule has 10 heteroatoms. The Hall–Kier alpha value is -4.05. The van der Waals surface area contributed by atoms with Crippen molar-refractivity contribution in [3.8, 4) is 23.0 Å². The predicted octanol–water partition coefficient (Wildman–Crippen LogP) is 4.04. The summed E-state index contributed by atoms with van der Waals surface area (Å²) in [5.41, 5.74) is 0.838. The molecule has 0 amide bonds. The minimum absolute atomic E-state index is 0.208. The third kappa shape index (κ3) is 4.65. The maximum Gasteiger partial charge on any atom is 0.349 e. The summed E-state index contributed by atoms with van der Waals surface area (Å²) in [5, 5.41) is 4.49. The first-order valence-electron chi connectivity index (χ1n) is 10.8. The Morgan fingerprint density at radius 3 is 2.77 bits per heavy atom. The fraction of sp³-hybridized carbons (Fsp3) is 0.160. The molecule has 0 unspecified atom stereocenters. The number of fused-ring (bicyclic) bond motifs is 2. The van der Waals surface area contributed by atoms with Gasteiger partial charge in [0, 0.05) is 0 Å². The lowest BCUT2D eigenvalue weighted by atomic mass is 10.2. The second-order valence-electron chi connectivity index (χ2n) is 7.58. The van der Waals surface area contributed by atoms with Gasteiger partial charge in [0.1, 0.15) is 6.61 Å². The van der Waals surface area contributed by atoms with Crippen molar-refractivity contribution in [3.63, 3.8) is 0 Å². The van der Waals surface area contributed by atoms with Crippen molar-refractivity contribution < 1.29 is 18.9 Å². The van der Waals surface area contributed by atoms with E-state index in [9.17, 15) is 9.59 Å². The number of nitrogens with zero attached hydrogens (tertiary/aromatic N) is 2. The molecule has 0 spiro atoms. The number of rotatable bonds is 7. The average molecular weight is 538 g/mol. The predicted molar refractivity (Wildman–Crippen MR) is 134 cm³/mol. The average Bonchev–Trinajstić information content (AvgIpc) is 3.31. The molecular weight excluding hydrogens is 518 g/mol. The van der Waals surface area contributed by atoms with Crippen LogP contribution in [0.3, 0.4) is 0 Å². The number of benzene rings is 3. The van der Waals surface area contributed by atoms with Crippen LogP contribution in [0, 0.1) is 0 Å². The smallest absolute Gasteiger partial charge is 0.349 e. The molecule has 35 heavy (non-hydrogen) atoms. The molecule has 1 aromatic heterocycles. The van der Waals surface area contributed by atoms with Crippen molar-refractivity contribution in [1.29, 1.82) is 0 Å². The van der Waals surface area contributed by atoms with E-state index in [0.29, 0.717) is 50.5 Å². The molecule has 0 saturated carbocycles. The summed E-state index contributed by atoms with van der Waals surface area (Å²) in [7, 11) is 0.